The average Bonchev–Trinajstić information content (AvgIpc) is 2.55. The van der Waals surface area contributed by atoms with Crippen LogP contribution in [0.25, 0.3) is 10.8 Å². The van der Waals surface area contributed by atoms with Gasteiger partial charge in [0.05, 0.1) is 5.39 Å². The summed E-state index contributed by atoms with van der Waals surface area (Å²) in [5.41, 5.74) is 0.695. The van der Waals surface area contributed by atoms with Gasteiger partial charge in [-0.2, -0.15) is 5.10 Å². The highest BCUT2D eigenvalue weighted by molar-refractivity contribution is 6.12. The molecule has 1 heterocycles. The minimum absolute atomic E-state index is 0.233. The second-order valence-electron chi connectivity index (χ2n) is 4.65. The van der Waals surface area contributed by atoms with E-state index in [-0.39, 0.29) is 17.2 Å². The summed E-state index contributed by atoms with van der Waals surface area (Å²) in [7, 11) is 1.68. The molecule has 0 radical (unpaired) electrons. The maximum atomic E-state index is 12.6. The lowest BCUT2D eigenvalue weighted by molar-refractivity contribution is 0.0989. The van der Waals surface area contributed by atoms with E-state index in [9.17, 15) is 9.59 Å². The molecule has 0 saturated heterocycles. The Morgan fingerprint density at radius 2 is 1.62 bits per heavy atom. The Bertz CT molecular complexity index is 856. The number of amides is 1. The molecule has 104 valence electrons. The molecule has 0 saturated carbocycles. The number of hydrogen-bond donors (Lipinski definition) is 1. The van der Waals surface area contributed by atoms with Crippen molar-refractivity contribution in [1.82, 2.24) is 10.2 Å². The summed E-state index contributed by atoms with van der Waals surface area (Å²) in [5, 5.41) is 7.31. The predicted molar refractivity (Wildman–Crippen MR) is 81.5 cm³/mol. The van der Waals surface area contributed by atoms with Gasteiger partial charge in [0.25, 0.3) is 11.5 Å². The van der Waals surface area contributed by atoms with Crippen LogP contribution in [0.15, 0.2) is 59.4 Å². The van der Waals surface area contributed by atoms with Gasteiger partial charge >= 0.3 is 0 Å². The van der Waals surface area contributed by atoms with E-state index in [1.165, 1.54) is 4.90 Å². The molecule has 21 heavy (non-hydrogen) atoms. The molecule has 0 spiro atoms. The van der Waals surface area contributed by atoms with Crippen molar-refractivity contribution in [2.24, 2.45) is 0 Å². The van der Waals surface area contributed by atoms with E-state index in [1.54, 1.807) is 31.3 Å². The van der Waals surface area contributed by atoms with Crippen LogP contribution in [0.3, 0.4) is 0 Å². The largest absolute Gasteiger partial charge is 0.310 e. The summed E-state index contributed by atoms with van der Waals surface area (Å²) in [4.78, 5) is 25.9. The fourth-order valence-corrected chi connectivity index (χ4v) is 2.21. The number of anilines is 1. The van der Waals surface area contributed by atoms with Crippen LogP contribution in [-0.4, -0.2) is 23.2 Å². The van der Waals surface area contributed by atoms with Gasteiger partial charge in [-0.15, -0.1) is 0 Å². The highest BCUT2D eigenvalue weighted by atomic mass is 16.2. The van der Waals surface area contributed by atoms with Crippen LogP contribution in [0.5, 0.6) is 0 Å². The molecule has 0 aliphatic heterocycles. The van der Waals surface area contributed by atoms with Crippen molar-refractivity contribution in [2.45, 2.75) is 0 Å². The summed E-state index contributed by atoms with van der Waals surface area (Å²) in [6, 6.07) is 16.2. The van der Waals surface area contributed by atoms with Gasteiger partial charge in [0.2, 0.25) is 0 Å². The van der Waals surface area contributed by atoms with Gasteiger partial charge in [0.15, 0.2) is 5.69 Å². The molecule has 5 heteroatoms. The lowest BCUT2D eigenvalue weighted by atomic mass is 10.1. The maximum Gasteiger partial charge on any atom is 0.279 e. The quantitative estimate of drug-likeness (QED) is 0.782. The molecule has 0 aliphatic rings. The number of H-pyrrole nitrogens is 1. The second-order valence-corrected chi connectivity index (χ2v) is 4.65. The van der Waals surface area contributed by atoms with E-state index in [4.69, 9.17) is 0 Å². The fraction of sp³-hybridized carbons (Fsp3) is 0.0625. The highest BCUT2D eigenvalue weighted by Crippen LogP contribution is 2.18. The molecular formula is C16H13N3O2. The lowest BCUT2D eigenvalue weighted by Gasteiger charge is -2.17. The third-order valence-electron chi connectivity index (χ3n) is 3.35. The Hall–Kier alpha value is -2.95. The number of rotatable bonds is 2. The monoisotopic (exact) mass is 279 g/mol. The first-order chi connectivity index (χ1) is 10.2. The Balaban J connectivity index is 2.11. The van der Waals surface area contributed by atoms with E-state index in [2.05, 4.69) is 10.2 Å². The van der Waals surface area contributed by atoms with Gasteiger partial charge in [0.1, 0.15) is 0 Å². The Labute approximate surface area is 120 Å². The second kappa shape index (κ2) is 5.20. The van der Waals surface area contributed by atoms with Gasteiger partial charge in [-0.1, -0.05) is 36.4 Å². The van der Waals surface area contributed by atoms with Gasteiger partial charge < -0.3 is 4.90 Å². The number of carbonyl (C=O) groups is 1. The number of para-hydroxylation sites is 1. The minimum Gasteiger partial charge on any atom is -0.310 e. The van der Waals surface area contributed by atoms with Gasteiger partial charge in [0, 0.05) is 18.1 Å². The van der Waals surface area contributed by atoms with Crippen molar-refractivity contribution < 1.29 is 4.79 Å². The first kappa shape index (κ1) is 13.1. The summed E-state index contributed by atoms with van der Waals surface area (Å²) in [5.74, 6) is -0.270. The van der Waals surface area contributed by atoms with Crippen LogP contribution in [-0.2, 0) is 0 Å². The van der Waals surface area contributed by atoms with E-state index in [1.807, 2.05) is 30.3 Å². The zero-order chi connectivity index (χ0) is 14.8. The summed E-state index contributed by atoms with van der Waals surface area (Å²) < 4.78 is 0. The summed E-state index contributed by atoms with van der Waals surface area (Å²) >= 11 is 0. The highest BCUT2D eigenvalue weighted by Gasteiger charge is 2.18. The van der Waals surface area contributed by atoms with Crippen molar-refractivity contribution >= 4 is 22.4 Å². The van der Waals surface area contributed by atoms with Crippen LogP contribution >= 0.6 is 0 Å². The summed E-state index contributed by atoms with van der Waals surface area (Å²) in [6.45, 7) is 0. The number of benzene rings is 2. The van der Waals surface area contributed by atoms with Crippen molar-refractivity contribution in [3.8, 4) is 0 Å². The number of aromatic nitrogens is 2. The van der Waals surface area contributed by atoms with Crippen LogP contribution in [0.2, 0.25) is 0 Å². The molecule has 3 rings (SSSR count). The lowest BCUT2D eigenvalue weighted by Crippen LogP contribution is -2.28. The third kappa shape index (κ3) is 2.29. The molecule has 2 aromatic carbocycles. The van der Waals surface area contributed by atoms with Crippen molar-refractivity contribution in [3.63, 3.8) is 0 Å². The molecule has 1 aromatic heterocycles. The van der Waals surface area contributed by atoms with Crippen LogP contribution in [0.4, 0.5) is 5.69 Å². The molecule has 0 aliphatic carbocycles. The topological polar surface area (TPSA) is 66.1 Å². The molecule has 1 N–H and O–H groups in total. The number of nitrogens with zero attached hydrogens (tertiary/aromatic N) is 2. The smallest absolute Gasteiger partial charge is 0.279 e. The fourth-order valence-electron chi connectivity index (χ4n) is 2.21. The van der Waals surface area contributed by atoms with Crippen LogP contribution in [0.1, 0.15) is 10.5 Å². The number of fused-ring (bicyclic) bond motifs is 1. The molecule has 1 amide bonds. The normalized spacial score (nSPS) is 10.5. The van der Waals surface area contributed by atoms with Crippen LogP contribution in [0, 0.1) is 0 Å². The number of nitrogens with one attached hydrogen (secondary N) is 1. The summed E-state index contributed by atoms with van der Waals surface area (Å²) in [6.07, 6.45) is 0. The molecule has 0 atom stereocenters. The SMILES string of the molecule is CN(C(=O)c1n[nH]c(=O)c2ccccc12)c1ccccc1. The Morgan fingerprint density at radius 3 is 2.33 bits per heavy atom. The number of hydrogen-bond acceptors (Lipinski definition) is 3. The Morgan fingerprint density at radius 1 is 1.00 bits per heavy atom. The maximum absolute atomic E-state index is 12.6. The molecule has 0 bridgehead atoms. The van der Waals surface area contributed by atoms with E-state index in [0.29, 0.717) is 10.8 Å². The van der Waals surface area contributed by atoms with Gasteiger partial charge in [-0.3, -0.25) is 9.59 Å². The first-order valence-electron chi connectivity index (χ1n) is 6.49. The van der Waals surface area contributed by atoms with Crippen molar-refractivity contribution in [2.75, 3.05) is 11.9 Å². The Kier molecular flexibility index (Phi) is 3.23. The molecular weight excluding hydrogens is 266 g/mol. The first-order valence-corrected chi connectivity index (χ1v) is 6.49. The zero-order valence-electron chi connectivity index (χ0n) is 11.4. The molecule has 0 unspecified atom stereocenters. The third-order valence-corrected chi connectivity index (χ3v) is 3.35. The average molecular weight is 279 g/mol. The van der Waals surface area contributed by atoms with E-state index in [0.717, 1.165) is 5.69 Å². The standard InChI is InChI=1S/C16H13N3O2/c1-19(11-7-3-2-4-8-11)16(21)14-12-9-5-6-10-13(12)15(20)18-17-14/h2-10H,1H3,(H,18,20). The van der Waals surface area contributed by atoms with E-state index >= 15 is 0 Å². The van der Waals surface area contributed by atoms with Crippen LogP contribution < -0.4 is 10.5 Å². The number of aromatic amines is 1. The van der Waals surface area contributed by atoms with Gasteiger partial charge in [-0.25, -0.2) is 5.10 Å². The van der Waals surface area contributed by atoms with Crippen molar-refractivity contribution in [3.05, 3.63) is 70.6 Å². The van der Waals surface area contributed by atoms with Crippen molar-refractivity contribution in [1.29, 1.82) is 0 Å². The number of carbonyl (C=O) groups excluding carboxylic acids is 1. The molecule has 3 aromatic rings. The molecule has 0 fully saturated rings. The van der Waals surface area contributed by atoms with E-state index < -0.39 is 0 Å². The molecule has 5 nitrogen and oxygen atoms in total. The predicted octanol–water partition coefficient (Wildman–Crippen LogP) is 2.20. The zero-order valence-corrected chi connectivity index (χ0v) is 11.4. The van der Waals surface area contributed by atoms with Gasteiger partial charge in [-0.05, 0) is 18.2 Å². The minimum atomic E-state index is -0.301.